The van der Waals surface area contributed by atoms with Gasteiger partial charge in [-0.3, -0.25) is 0 Å². The molecule has 0 aliphatic heterocycles. The number of hydrogen-bond donors (Lipinski definition) is 1. The summed E-state index contributed by atoms with van der Waals surface area (Å²) in [6, 6.07) is 8.40. The van der Waals surface area contributed by atoms with Crippen LogP contribution in [-0.2, 0) is 17.8 Å². The second-order valence-electron chi connectivity index (χ2n) is 6.48. The van der Waals surface area contributed by atoms with Crippen LogP contribution in [0.3, 0.4) is 0 Å². The van der Waals surface area contributed by atoms with Crippen molar-refractivity contribution in [3.8, 4) is 0 Å². The number of nitrogens with one attached hydrogen (secondary N) is 1. The molecule has 0 fully saturated rings. The summed E-state index contributed by atoms with van der Waals surface area (Å²) < 4.78 is 7.22. The molecular weight excluding hydrogens is 316 g/mol. The van der Waals surface area contributed by atoms with Crippen molar-refractivity contribution in [1.82, 2.24) is 19.8 Å². The molecule has 0 bridgehead atoms. The SMILES string of the molecule is COCCN(Cc1nccn1Cc1cccc(C)c1)C(=O)NC(C)C. The Hall–Kier alpha value is -2.34. The van der Waals surface area contributed by atoms with E-state index >= 15 is 0 Å². The Morgan fingerprint density at radius 1 is 1.40 bits per heavy atom. The van der Waals surface area contributed by atoms with Crippen LogP contribution in [-0.4, -0.2) is 46.8 Å². The summed E-state index contributed by atoms with van der Waals surface area (Å²) in [6.45, 7) is 8.18. The van der Waals surface area contributed by atoms with Gasteiger partial charge in [0.15, 0.2) is 0 Å². The van der Waals surface area contributed by atoms with E-state index in [-0.39, 0.29) is 12.1 Å². The number of amides is 2. The second kappa shape index (κ2) is 9.22. The Morgan fingerprint density at radius 2 is 2.20 bits per heavy atom. The number of aryl methyl sites for hydroxylation is 1. The minimum Gasteiger partial charge on any atom is -0.383 e. The summed E-state index contributed by atoms with van der Waals surface area (Å²) in [4.78, 5) is 18.6. The minimum absolute atomic E-state index is 0.0876. The van der Waals surface area contributed by atoms with Crippen LogP contribution in [0.15, 0.2) is 36.7 Å². The molecule has 136 valence electrons. The highest BCUT2D eigenvalue weighted by atomic mass is 16.5. The van der Waals surface area contributed by atoms with Crippen LogP contribution in [0.4, 0.5) is 4.79 Å². The normalized spacial score (nSPS) is 10.9. The summed E-state index contributed by atoms with van der Waals surface area (Å²) in [7, 11) is 1.64. The standard InChI is InChI=1S/C19H28N4O2/c1-15(2)21-19(24)23(10-11-25-4)14-18-20-8-9-22(18)13-17-7-5-6-16(3)12-17/h5-9,12,15H,10-11,13-14H2,1-4H3,(H,21,24). The van der Waals surface area contributed by atoms with E-state index < -0.39 is 0 Å². The van der Waals surface area contributed by atoms with Gasteiger partial charge >= 0.3 is 6.03 Å². The van der Waals surface area contributed by atoms with Gasteiger partial charge in [-0.2, -0.15) is 0 Å². The number of carbonyl (C=O) groups is 1. The number of hydrogen-bond acceptors (Lipinski definition) is 3. The van der Waals surface area contributed by atoms with E-state index in [0.29, 0.717) is 19.7 Å². The number of benzene rings is 1. The fourth-order valence-electron chi connectivity index (χ4n) is 2.61. The monoisotopic (exact) mass is 344 g/mol. The van der Waals surface area contributed by atoms with E-state index in [1.165, 1.54) is 11.1 Å². The highest BCUT2D eigenvalue weighted by Gasteiger charge is 2.17. The molecule has 25 heavy (non-hydrogen) atoms. The van der Waals surface area contributed by atoms with Crippen molar-refractivity contribution >= 4 is 6.03 Å². The molecule has 1 aromatic heterocycles. The number of imidazole rings is 1. The van der Waals surface area contributed by atoms with Gasteiger partial charge in [0.25, 0.3) is 0 Å². The third kappa shape index (κ3) is 5.90. The van der Waals surface area contributed by atoms with Gasteiger partial charge < -0.3 is 19.5 Å². The van der Waals surface area contributed by atoms with Crippen LogP contribution >= 0.6 is 0 Å². The summed E-state index contributed by atoms with van der Waals surface area (Å²) in [5.41, 5.74) is 2.45. The molecule has 0 aliphatic rings. The Bertz CT molecular complexity index is 682. The Kier molecular flexibility index (Phi) is 7.01. The highest BCUT2D eigenvalue weighted by Crippen LogP contribution is 2.10. The molecule has 2 rings (SSSR count). The molecule has 0 saturated heterocycles. The van der Waals surface area contributed by atoms with Crippen LogP contribution in [0.25, 0.3) is 0 Å². The molecule has 6 heteroatoms. The molecule has 2 amide bonds. The molecule has 1 N–H and O–H groups in total. The lowest BCUT2D eigenvalue weighted by Gasteiger charge is -2.24. The number of ether oxygens (including phenoxy) is 1. The number of methoxy groups -OCH3 is 1. The van der Waals surface area contributed by atoms with E-state index in [2.05, 4.69) is 46.1 Å². The molecule has 1 aromatic carbocycles. The third-order valence-electron chi connectivity index (χ3n) is 3.83. The molecule has 1 heterocycles. The molecule has 0 radical (unpaired) electrons. The molecule has 6 nitrogen and oxygen atoms in total. The average Bonchev–Trinajstić information content (AvgIpc) is 2.97. The quantitative estimate of drug-likeness (QED) is 0.801. The second-order valence-corrected chi connectivity index (χ2v) is 6.48. The Labute approximate surface area is 149 Å². The first-order chi connectivity index (χ1) is 12.0. The van der Waals surface area contributed by atoms with Crippen molar-refractivity contribution in [2.24, 2.45) is 0 Å². The van der Waals surface area contributed by atoms with Crippen molar-refractivity contribution in [1.29, 1.82) is 0 Å². The van der Waals surface area contributed by atoms with Crippen molar-refractivity contribution in [3.63, 3.8) is 0 Å². The fraction of sp³-hybridized carbons (Fsp3) is 0.474. The van der Waals surface area contributed by atoms with Gasteiger partial charge in [-0.25, -0.2) is 9.78 Å². The predicted molar refractivity (Wildman–Crippen MR) is 98.5 cm³/mol. The number of rotatable bonds is 8. The van der Waals surface area contributed by atoms with Crippen LogP contribution in [0, 0.1) is 6.92 Å². The minimum atomic E-state index is -0.0999. The third-order valence-corrected chi connectivity index (χ3v) is 3.83. The largest absolute Gasteiger partial charge is 0.383 e. The number of aromatic nitrogens is 2. The van der Waals surface area contributed by atoms with Crippen molar-refractivity contribution in [2.45, 2.75) is 39.9 Å². The predicted octanol–water partition coefficient (Wildman–Crippen LogP) is 2.81. The van der Waals surface area contributed by atoms with Crippen molar-refractivity contribution in [3.05, 3.63) is 53.6 Å². The van der Waals surface area contributed by atoms with Gasteiger partial charge in [0.1, 0.15) is 5.82 Å². The van der Waals surface area contributed by atoms with E-state index in [1.54, 1.807) is 18.2 Å². The Balaban J connectivity index is 2.11. The zero-order valence-corrected chi connectivity index (χ0v) is 15.5. The summed E-state index contributed by atoms with van der Waals surface area (Å²) in [5, 5.41) is 2.94. The van der Waals surface area contributed by atoms with Gasteiger partial charge in [-0.15, -0.1) is 0 Å². The lowest BCUT2D eigenvalue weighted by molar-refractivity contribution is 0.143. The lowest BCUT2D eigenvalue weighted by Crippen LogP contribution is -2.44. The molecule has 0 atom stereocenters. The number of nitrogens with zero attached hydrogens (tertiary/aromatic N) is 3. The summed E-state index contributed by atoms with van der Waals surface area (Å²) in [6.07, 6.45) is 3.73. The molecule has 0 saturated carbocycles. The maximum atomic E-state index is 12.4. The van der Waals surface area contributed by atoms with Gasteiger partial charge in [0.05, 0.1) is 13.2 Å². The maximum Gasteiger partial charge on any atom is 0.318 e. The fourth-order valence-corrected chi connectivity index (χ4v) is 2.61. The molecule has 0 unspecified atom stereocenters. The van der Waals surface area contributed by atoms with Crippen molar-refractivity contribution in [2.75, 3.05) is 20.3 Å². The number of urea groups is 1. The Morgan fingerprint density at radius 3 is 2.88 bits per heavy atom. The van der Waals surface area contributed by atoms with Crippen molar-refractivity contribution < 1.29 is 9.53 Å². The highest BCUT2D eigenvalue weighted by molar-refractivity contribution is 5.74. The zero-order valence-electron chi connectivity index (χ0n) is 15.5. The number of carbonyl (C=O) groups excluding carboxylic acids is 1. The van der Waals surface area contributed by atoms with Gasteiger partial charge in [-0.1, -0.05) is 29.8 Å². The zero-order chi connectivity index (χ0) is 18.2. The van der Waals surface area contributed by atoms with Crippen LogP contribution < -0.4 is 5.32 Å². The van der Waals surface area contributed by atoms with Crippen LogP contribution in [0.5, 0.6) is 0 Å². The van der Waals surface area contributed by atoms with Gasteiger partial charge in [0, 0.05) is 38.6 Å². The van der Waals surface area contributed by atoms with Gasteiger partial charge in [-0.05, 0) is 26.3 Å². The first kappa shape index (κ1) is 19.0. The maximum absolute atomic E-state index is 12.4. The first-order valence-electron chi connectivity index (χ1n) is 8.59. The summed E-state index contributed by atoms with van der Waals surface area (Å²) in [5.74, 6) is 0.858. The topological polar surface area (TPSA) is 59.4 Å². The van der Waals surface area contributed by atoms with E-state index in [0.717, 1.165) is 12.4 Å². The lowest BCUT2D eigenvalue weighted by atomic mass is 10.1. The first-order valence-corrected chi connectivity index (χ1v) is 8.59. The van der Waals surface area contributed by atoms with Crippen LogP contribution in [0.1, 0.15) is 30.8 Å². The smallest absolute Gasteiger partial charge is 0.318 e. The molecule has 2 aromatic rings. The molecule has 0 aliphatic carbocycles. The van der Waals surface area contributed by atoms with E-state index in [1.807, 2.05) is 20.0 Å². The van der Waals surface area contributed by atoms with Crippen LogP contribution in [0.2, 0.25) is 0 Å². The average molecular weight is 344 g/mol. The van der Waals surface area contributed by atoms with E-state index in [4.69, 9.17) is 4.74 Å². The van der Waals surface area contributed by atoms with Gasteiger partial charge in [0.2, 0.25) is 0 Å². The van der Waals surface area contributed by atoms with E-state index in [9.17, 15) is 4.79 Å². The molecule has 0 spiro atoms. The molecular formula is C19H28N4O2. The summed E-state index contributed by atoms with van der Waals surface area (Å²) >= 11 is 0.